The molecule has 2 amide bonds. The molecule has 10 heteroatoms. The molecule has 1 N–H and O–H groups in total. The number of benzene rings is 2. The largest absolute Gasteiger partial charge is 0.463 e. The zero-order valence-corrected chi connectivity index (χ0v) is 22.1. The van der Waals surface area contributed by atoms with Gasteiger partial charge in [-0.05, 0) is 49.8 Å². The number of thiazole rings is 1. The maximum atomic E-state index is 13.3. The number of esters is 1. The smallest absolute Gasteiger partial charge is 0.333 e. The van der Waals surface area contributed by atoms with Crippen LogP contribution in [-0.4, -0.2) is 60.2 Å². The van der Waals surface area contributed by atoms with Crippen LogP contribution in [0.25, 0.3) is 12.2 Å². The molecule has 0 saturated carbocycles. The highest BCUT2D eigenvalue weighted by atomic mass is 32.1. The van der Waals surface area contributed by atoms with Gasteiger partial charge >= 0.3 is 5.97 Å². The summed E-state index contributed by atoms with van der Waals surface area (Å²) in [5.74, 6) is -1.05. The molecule has 2 aromatic carbocycles. The zero-order valence-electron chi connectivity index (χ0n) is 21.3. The van der Waals surface area contributed by atoms with Crippen molar-refractivity contribution in [1.82, 2.24) is 9.47 Å². The number of carbonyl (C=O) groups excluding carboxylic acids is 3. The van der Waals surface area contributed by atoms with E-state index in [2.05, 4.69) is 5.32 Å². The van der Waals surface area contributed by atoms with Crippen molar-refractivity contribution in [3.8, 4) is 0 Å². The summed E-state index contributed by atoms with van der Waals surface area (Å²) in [5, 5.41) is 2.87. The molecule has 4 rings (SSSR count). The highest BCUT2D eigenvalue weighted by Crippen LogP contribution is 2.13. The van der Waals surface area contributed by atoms with E-state index in [0.717, 1.165) is 16.9 Å². The molecule has 0 unspecified atom stereocenters. The maximum absolute atomic E-state index is 13.3. The third-order valence-corrected chi connectivity index (χ3v) is 6.94. The van der Waals surface area contributed by atoms with Crippen LogP contribution in [-0.2, 0) is 25.6 Å². The summed E-state index contributed by atoms with van der Waals surface area (Å²) >= 11 is 1.10. The van der Waals surface area contributed by atoms with Crippen LogP contribution in [0.4, 0.5) is 5.69 Å². The monoisotopic (exact) mass is 535 g/mol. The molecule has 198 valence electrons. The Labute approximate surface area is 223 Å². The van der Waals surface area contributed by atoms with Crippen molar-refractivity contribution < 1.29 is 23.9 Å². The van der Waals surface area contributed by atoms with Crippen LogP contribution >= 0.6 is 11.3 Å². The fraction of sp³-hybridized carbons (Fsp3) is 0.286. The number of ether oxygens (including phenoxy) is 2. The van der Waals surface area contributed by atoms with E-state index >= 15 is 0 Å². The van der Waals surface area contributed by atoms with Crippen LogP contribution in [0.1, 0.15) is 28.4 Å². The number of morpholine rings is 1. The summed E-state index contributed by atoms with van der Waals surface area (Å²) in [6, 6.07) is 14.4. The number of amides is 2. The number of aromatic nitrogens is 1. The first-order chi connectivity index (χ1) is 18.3. The van der Waals surface area contributed by atoms with Crippen LogP contribution < -0.4 is 20.1 Å². The van der Waals surface area contributed by atoms with Gasteiger partial charge < -0.3 is 19.7 Å². The number of nitrogens with one attached hydrogen (secondary N) is 1. The molecule has 0 radical (unpaired) electrons. The molecule has 0 bridgehead atoms. The van der Waals surface area contributed by atoms with E-state index in [9.17, 15) is 19.2 Å². The zero-order chi connectivity index (χ0) is 27.1. The first kappa shape index (κ1) is 27.0. The fourth-order valence-corrected chi connectivity index (χ4v) is 4.92. The molecule has 1 saturated heterocycles. The Bertz CT molecular complexity index is 1500. The topological polar surface area (TPSA) is 107 Å². The van der Waals surface area contributed by atoms with E-state index in [1.807, 2.05) is 19.1 Å². The third-order valence-electron chi connectivity index (χ3n) is 5.88. The van der Waals surface area contributed by atoms with Gasteiger partial charge in [-0.15, -0.1) is 11.3 Å². The van der Waals surface area contributed by atoms with Gasteiger partial charge in [0.05, 0.1) is 30.4 Å². The summed E-state index contributed by atoms with van der Waals surface area (Å²) in [4.78, 5) is 52.6. The van der Waals surface area contributed by atoms with Crippen molar-refractivity contribution in [3.05, 3.63) is 84.8 Å². The van der Waals surface area contributed by atoms with Gasteiger partial charge in [-0.1, -0.05) is 29.8 Å². The third kappa shape index (κ3) is 6.84. The summed E-state index contributed by atoms with van der Waals surface area (Å²) in [5.41, 5.74) is 2.46. The van der Waals surface area contributed by atoms with Crippen molar-refractivity contribution in [2.75, 3.05) is 38.2 Å². The van der Waals surface area contributed by atoms with E-state index in [-0.39, 0.29) is 30.5 Å². The van der Waals surface area contributed by atoms with Gasteiger partial charge in [-0.2, -0.15) is 0 Å². The van der Waals surface area contributed by atoms with Gasteiger partial charge in [0.2, 0.25) is 5.91 Å². The van der Waals surface area contributed by atoms with Crippen molar-refractivity contribution in [2.45, 2.75) is 20.4 Å². The lowest BCUT2D eigenvalue weighted by Crippen LogP contribution is -2.45. The number of anilines is 1. The molecule has 2 heterocycles. The van der Waals surface area contributed by atoms with Crippen molar-refractivity contribution in [1.29, 1.82) is 0 Å². The van der Waals surface area contributed by atoms with E-state index in [1.54, 1.807) is 54.3 Å². The van der Waals surface area contributed by atoms with Crippen molar-refractivity contribution >= 4 is 47.0 Å². The standard InChI is InChI=1S/C28H29N3O6S/c1-3-37-26(33)17-25-31(18-24(32)30-11-13-36-14-12-30)28(35)23(38-25)16-20-5-4-6-22(15-20)29-27(34)21-9-7-19(2)8-10-21/h4-10,15-17H,3,11-14,18H2,1-2H3,(H,29,34). The molecular weight excluding hydrogens is 506 g/mol. The van der Waals surface area contributed by atoms with Gasteiger partial charge in [-0.25, -0.2) is 4.79 Å². The van der Waals surface area contributed by atoms with Gasteiger partial charge in [0.1, 0.15) is 11.2 Å². The first-order valence-electron chi connectivity index (χ1n) is 12.3. The highest BCUT2D eigenvalue weighted by Gasteiger charge is 2.19. The molecule has 0 atom stereocenters. The molecular formula is C28H29N3O6S. The van der Waals surface area contributed by atoms with Crippen LogP contribution in [0.5, 0.6) is 0 Å². The van der Waals surface area contributed by atoms with E-state index in [4.69, 9.17) is 9.47 Å². The van der Waals surface area contributed by atoms with E-state index in [1.165, 1.54) is 10.6 Å². The lowest BCUT2D eigenvalue weighted by atomic mass is 10.1. The molecule has 0 aliphatic carbocycles. The molecule has 1 aromatic heterocycles. The molecule has 3 aromatic rings. The van der Waals surface area contributed by atoms with Gasteiger partial charge in [0.25, 0.3) is 11.5 Å². The summed E-state index contributed by atoms with van der Waals surface area (Å²) in [6.07, 6.45) is 2.91. The molecule has 1 fully saturated rings. The molecule has 1 aliphatic rings. The summed E-state index contributed by atoms with van der Waals surface area (Å²) in [6.45, 7) is 5.44. The maximum Gasteiger partial charge on any atom is 0.333 e. The SMILES string of the molecule is CCOC(=O)C=c1sc(=Cc2cccc(NC(=O)c3ccc(C)cc3)c2)c(=O)n1CC(=O)N1CCOCC1. The van der Waals surface area contributed by atoms with E-state index in [0.29, 0.717) is 52.3 Å². The number of hydrogen-bond acceptors (Lipinski definition) is 7. The Morgan fingerprint density at radius 3 is 2.55 bits per heavy atom. The highest BCUT2D eigenvalue weighted by molar-refractivity contribution is 7.07. The average molecular weight is 536 g/mol. The van der Waals surface area contributed by atoms with E-state index < -0.39 is 5.97 Å². The predicted molar refractivity (Wildman–Crippen MR) is 145 cm³/mol. The van der Waals surface area contributed by atoms with Gasteiger partial charge in [-0.3, -0.25) is 19.0 Å². The second kappa shape index (κ2) is 12.5. The quantitative estimate of drug-likeness (QED) is 0.460. The normalized spacial score (nSPS) is 14.4. The van der Waals surface area contributed by atoms with Crippen molar-refractivity contribution in [3.63, 3.8) is 0 Å². The average Bonchev–Trinajstić information content (AvgIpc) is 3.18. The summed E-state index contributed by atoms with van der Waals surface area (Å²) in [7, 11) is 0. The molecule has 1 aliphatic heterocycles. The first-order valence-corrected chi connectivity index (χ1v) is 13.1. The Balaban J connectivity index is 1.65. The van der Waals surface area contributed by atoms with Gasteiger partial charge in [0.15, 0.2) is 0 Å². The number of rotatable bonds is 7. The van der Waals surface area contributed by atoms with Crippen LogP contribution in [0, 0.1) is 6.92 Å². The minimum atomic E-state index is -0.589. The molecule has 9 nitrogen and oxygen atoms in total. The lowest BCUT2D eigenvalue weighted by Gasteiger charge is -2.26. The second-order valence-electron chi connectivity index (χ2n) is 8.68. The molecule has 38 heavy (non-hydrogen) atoms. The number of aryl methyl sites for hydroxylation is 1. The van der Waals surface area contributed by atoms with Crippen LogP contribution in [0.15, 0.2) is 53.3 Å². The Hall–Kier alpha value is -4.02. The number of hydrogen-bond donors (Lipinski definition) is 1. The minimum absolute atomic E-state index is 0.192. The second-order valence-corrected chi connectivity index (χ2v) is 9.74. The number of nitrogens with zero attached hydrogens (tertiary/aromatic N) is 2. The van der Waals surface area contributed by atoms with Crippen molar-refractivity contribution in [2.24, 2.45) is 0 Å². The Kier molecular flexibility index (Phi) is 8.88. The lowest BCUT2D eigenvalue weighted by molar-refractivity contribution is -0.136. The Morgan fingerprint density at radius 1 is 1.11 bits per heavy atom. The molecule has 0 spiro atoms. The Morgan fingerprint density at radius 2 is 1.84 bits per heavy atom. The fourth-order valence-electron chi connectivity index (χ4n) is 3.89. The summed E-state index contributed by atoms with van der Waals surface area (Å²) < 4.78 is 12.3. The minimum Gasteiger partial charge on any atom is -0.463 e. The van der Waals surface area contributed by atoms with Crippen LogP contribution in [0.2, 0.25) is 0 Å². The van der Waals surface area contributed by atoms with Gasteiger partial charge in [0, 0.05) is 24.3 Å². The number of carbonyl (C=O) groups is 3. The van der Waals surface area contributed by atoms with Crippen LogP contribution in [0.3, 0.4) is 0 Å². The predicted octanol–water partition coefficient (Wildman–Crippen LogP) is 1.50.